The summed E-state index contributed by atoms with van der Waals surface area (Å²) < 4.78 is 4.97. The highest BCUT2D eigenvalue weighted by atomic mass is 35.5. The minimum absolute atomic E-state index is 0.110. The molecule has 0 aliphatic rings. The molecule has 0 heterocycles. The van der Waals surface area contributed by atoms with Crippen molar-refractivity contribution < 1.29 is 19.4 Å². The van der Waals surface area contributed by atoms with Crippen LogP contribution in [0.4, 0.5) is 5.69 Å². The van der Waals surface area contributed by atoms with Gasteiger partial charge in [0, 0.05) is 5.56 Å². The molecule has 0 saturated heterocycles. The summed E-state index contributed by atoms with van der Waals surface area (Å²) in [6, 6.07) is 9.58. The van der Waals surface area contributed by atoms with Crippen LogP contribution in [0, 0.1) is 0 Å². The third-order valence-electron chi connectivity index (χ3n) is 3.19. The molecule has 2 aromatic carbocycles. The minimum Gasteiger partial charge on any atom is -0.504 e. The van der Waals surface area contributed by atoms with Gasteiger partial charge in [-0.2, -0.15) is 5.10 Å². The Morgan fingerprint density at radius 3 is 2.65 bits per heavy atom. The topological polar surface area (TPSA) is 100 Å². The number of halogens is 2. The number of carbonyl (C=O) groups is 2. The summed E-state index contributed by atoms with van der Waals surface area (Å²) in [5.41, 5.74) is 2.85. The SMILES string of the molecule is COc1cccc(/C=N/NC(=O)CC(=O)Nc2cccc(Cl)c2Cl)c1O. The van der Waals surface area contributed by atoms with E-state index in [2.05, 4.69) is 15.8 Å². The van der Waals surface area contributed by atoms with E-state index < -0.39 is 18.2 Å². The largest absolute Gasteiger partial charge is 0.504 e. The molecule has 9 heteroatoms. The molecule has 0 spiro atoms. The highest BCUT2D eigenvalue weighted by Gasteiger charge is 2.12. The van der Waals surface area contributed by atoms with Gasteiger partial charge in [0.1, 0.15) is 6.42 Å². The van der Waals surface area contributed by atoms with Crippen molar-refractivity contribution in [3.63, 3.8) is 0 Å². The van der Waals surface area contributed by atoms with Crippen molar-refractivity contribution in [3.8, 4) is 11.5 Å². The second-order valence-corrected chi connectivity index (χ2v) is 5.80. The van der Waals surface area contributed by atoms with Gasteiger partial charge in [-0.05, 0) is 24.3 Å². The standard InChI is InChI=1S/C17H15Cl2N3O4/c1-26-13-7-2-4-10(17(13)25)9-20-22-15(24)8-14(23)21-12-6-3-5-11(18)16(12)19/h2-7,9,25H,8H2,1H3,(H,21,23)(H,22,24)/b20-9+. The molecule has 0 saturated carbocycles. The Kier molecular flexibility index (Phi) is 6.82. The Bertz CT molecular complexity index is 856. The molecule has 0 aliphatic heterocycles. The number of phenols is 1. The molecule has 26 heavy (non-hydrogen) atoms. The van der Waals surface area contributed by atoms with Crippen LogP contribution >= 0.6 is 23.2 Å². The van der Waals surface area contributed by atoms with Crippen molar-refractivity contribution in [2.75, 3.05) is 12.4 Å². The smallest absolute Gasteiger partial charge is 0.249 e. The summed E-state index contributed by atoms with van der Waals surface area (Å²) in [5, 5.41) is 16.6. The van der Waals surface area contributed by atoms with Gasteiger partial charge in [-0.15, -0.1) is 0 Å². The summed E-state index contributed by atoms with van der Waals surface area (Å²) in [7, 11) is 1.42. The zero-order valence-corrected chi connectivity index (χ0v) is 15.1. The van der Waals surface area contributed by atoms with Crippen molar-refractivity contribution in [2.24, 2.45) is 5.10 Å². The number of anilines is 1. The number of hydrazone groups is 1. The molecule has 0 unspecified atom stereocenters. The molecule has 0 aromatic heterocycles. The fraction of sp³-hybridized carbons (Fsp3) is 0.118. The van der Waals surface area contributed by atoms with Crippen LogP contribution < -0.4 is 15.5 Å². The lowest BCUT2D eigenvalue weighted by atomic mass is 10.2. The zero-order chi connectivity index (χ0) is 19.1. The number of ether oxygens (including phenoxy) is 1. The van der Waals surface area contributed by atoms with E-state index in [1.54, 1.807) is 36.4 Å². The zero-order valence-electron chi connectivity index (χ0n) is 13.6. The monoisotopic (exact) mass is 395 g/mol. The van der Waals surface area contributed by atoms with E-state index in [4.69, 9.17) is 27.9 Å². The summed E-state index contributed by atoms with van der Waals surface area (Å²) in [5.74, 6) is -1.05. The molecule has 7 nitrogen and oxygen atoms in total. The molecule has 0 atom stereocenters. The minimum atomic E-state index is -0.640. The van der Waals surface area contributed by atoms with Crippen LogP contribution in [-0.4, -0.2) is 30.2 Å². The van der Waals surface area contributed by atoms with Gasteiger partial charge in [-0.3, -0.25) is 9.59 Å². The van der Waals surface area contributed by atoms with E-state index in [1.807, 2.05) is 0 Å². The number of hydrogen-bond donors (Lipinski definition) is 3. The van der Waals surface area contributed by atoms with Crippen LogP contribution in [0.1, 0.15) is 12.0 Å². The Morgan fingerprint density at radius 2 is 1.92 bits per heavy atom. The fourth-order valence-corrected chi connectivity index (χ4v) is 2.31. The molecular formula is C17H15Cl2N3O4. The number of carbonyl (C=O) groups excluding carboxylic acids is 2. The van der Waals surface area contributed by atoms with Crippen LogP contribution in [0.2, 0.25) is 10.0 Å². The van der Waals surface area contributed by atoms with Crippen molar-refractivity contribution in [1.29, 1.82) is 0 Å². The third-order valence-corrected chi connectivity index (χ3v) is 4.01. The first-order valence-corrected chi connectivity index (χ1v) is 8.09. The molecule has 2 rings (SSSR count). The van der Waals surface area contributed by atoms with Gasteiger partial charge in [0.25, 0.3) is 0 Å². The van der Waals surface area contributed by atoms with Crippen molar-refractivity contribution in [2.45, 2.75) is 6.42 Å². The number of nitrogens with zero attached hydrogens (tertiary/aromatic N) is 1. The molecule has 0 radical (unpaired) electrons. The molecule has 3 N–H and O–H groups in total. The number of benzene rings is 2. The van der Waals surface area contributed by atoms with E-state index in [9.17, 15) is 14.7 Å². The van der Waals surface area contributed by atoms with Crippen LogP contribution in [0.5, 0.6) is 11.5 Å². The number of rotatable bonds is 6. The highest BCUT2D eigenvalue weighted by molar-refractivity contribution is 6.44. The molecule has 136 valence electrons. The van der Waals surface area contributed by atoms with E-state index >= 15 is 0 Å². The first-order valence-electron chi connectivity index (χ1n) is 7.34. The summed E-state index contributed by atoms with van der Waals surface area (Å²) >= 11 is 11.8. The fourth-order valence-electron chi connectivity index (χ4n) is 1.96. The molecule has 0 bridgehead atoms. The van der Waals surface area contributed by atoms with Crippen LogP contribution in [0.15, 0.2) is 41.5 Å². The molecular weight excluding hydrogens is 381 g/mol. The lowest BCUT2D eigenvalue weighted by Crippen LogP contribution is -2.24. The maximum Gasteiger partial charge on any atom is 0.249 e. The van der Waals surface area contributed by atoms with E-state index in [0.717, 1.165) is 0 Å². The van der Waals surface area contributed by atoms with Crippen LogP contribution in [0.25, 0.3) is 0 Å². The maximum absolute atomic E-state index is 11.9. The number of phenolic OH excluding ortho intramolecular Hbond substituents is 1. The Balaban J connectivity index is 1.90. The predicted octanol–water partition coefficient (Wildman–Crippen LogP) is 3.19. The summed E-state index contributed by atoms with van der Waals surface area (Å²) in [6.07, 6.45) is 0.770. The molecule has 0 aliphatic carbocycles. The molecule has 2 amide bonds. The van der Waals surface area contributed by atoms with Gasteiger partial charge < -0.3 is 15.2 Å². The quantitative estimate of drug-likeness (QED) is 0.397. The van der Waals surface area contributed by atoms with Crippen molar-refractivity contribution in [1.82, 2.24) is 5.43 Å². The second-order valence-electron chi connectivity index (χ2n) is 5.02. The van der Waals surface area contributed by atoms with Gasteiger partial charge in [-0.25, -0.2) is 5.43 Å². The van der Waals surface area contributed by atoms with Crippen molar-refractivity contribution >= 4 is 46.9 Å². The van der Waals surface area contributed by atoms with Crippen molar-refractivity contribution in [3.05, 3.63) is 52.0 Å². The van der Waals surface area contributed by atoms with Gasteiger partial charge >= 0.3 is 0 Å². The van der Waals surface area contributed by atoms with E-state index in [-0.39, 0.29) is 21.5 Å². The molecule has 0 fully saturated rings. The van der Waals surface area contributed by atoms with Gasteiger partial charge in [0.2, 0.25) is 11.8 Å². The van der Waals surface area contributed by atoms with Gasteiger partial charge in [0.15, 0.2) is 11.5 Å². The number of nitrogens with one attached hydrogen (secondary N) is 2. The number of hydrogen-bond acceptors (Lipinski definition) is 5. The van der Waals surface area contributed by atoms with Gasteiger partial charge in [0.05, 0.1) is 29.1 Å². The lowest BCUT2D eigenvalue weighted by molar-refractivity contribution is -0.126. The lowest BCUT2D eigenvalue weighted by Gasteiger charge is -2.07. The van der Waals surface area contributed by atoms with Gasteiger partial charge in [-0.1, -0.05) is 35.3 Å². The Hall–Kier alpha value is -2.77. The Labute approximate surface area is 159 Å². The molecule has 2 aromatic rings. The highest BCUT2D eigenvalue weighted by Crippen LogP contribution is 2.29. The van der Waals surface area contributed by atoms with Crippen LogP contribution in [-0.2, 0) is 9.59 Å². The Morgan fingerprint density at radius 1 is 1.19 bits per heavy atom. The number of aromatic hydroxyl groups is 1. The van der Waals surface area contributed by atoms with E-state index in [1.165, 1.54) is 13.3 Å². The maximum atomic E-state index is 11.9. The summed E-state index contributed by atoms with van der Waals surface area (Å²) in [6.45, 7) is 0. The number of methoxy groups -OCH3 is 1. The third kappa shape index (κ3) is 5.11. The first kappa shape index (κ1) is 19.6. The second kappa shape index (κ2) is 9.07. The number of amides is 2. The van der Waals surface area contributed by atoms with Crippen LogP contribution in [0.3, 0.4) is 0 Å². The first-order chi connectivity index (χ1) is 12.4. The predicted molar refractivity (Wildman–Crippen MR) is 100 cm³/mol. The average Bonchev–Trinajstić information content (AvgIpc) is 2.60. The number of para-hydroxylation sites is 1. The summed E-state index contributed by atoms with van der Waals surface area (Å²) in [4.78, 5) is 23.6. The normalized spacial score (nSPS) is 10.6. The average molecular weight is 396 g/mol. The van der Waals surface area contributed by atoms with E-state index in [0.29, 0.717) is 11.3 Å².